The average Bonchev–Trinajstić information content (AvgIpc) is 2.23. The monoisotopic (exact) mass is 250 g/mol. The molecule has 17 heavy (non-hydrogen) atoms. The molecule has 0 heterocycles. The molecule has 0 atom stereocenters. The van der Waals surface area contributed by atoms with E-state index in [0.717, 1.165) is 5.56 Å². The fourth-order valence-corrected chi connectivity index (χ4v) is 1.25. The molecule has 0 radical (unpaired) electrons. The van der Waals surface area contributed by atoms with Crippen LogP contribution in [0.25, 0.3) is 0 Å². The lowest BCUT2D eigenvalue weighted by molar-refractivity contribution is -0.125. The molecule has 1 rings (SSSR count). The van der Waals surface area contributed by atoms with Gasteiger partial charge in [0.2, 0.25) is 0 Å². The summed E-state index contributed by atoms with van der Waals surface area (Å²) in [6.45, 7) is 0.836. The molecule has 0 spiro atoms. The van der Waals surface area contributed by atoms with Crippen LogP contribution in [0.1, 0.15) is 11.1 Å². The number of hydrogen-bond donors (Lipinski definition) is 2. The van der Waals surface area contributed by atoms with E-state index in [1.165, 1.54) is 0 Å². The summed E-state index contributed by atoms with van der Waals surface area (Å²) in [5, 5.41) is 2.28. The fraction of sp³-hybridized carbons (Fsp3) is 0.455. The van der Waals surface area contributed by atoms with Crippen LogP contribution >= 0.6 is 0 Å². The Kier molecular flexibility index (Phi) is 4.34. The molecule has 0 amide bonds. The number of aryl methyl sites for hydroxylation is 1. The highest BCUT2D eigenvalue weighted by molar-refractivity contribution is 5.48. The van der Waals surface area contributed by atoms with Crippen molar-refractivity contribution in [1.29, 1.82) is 0 Å². The first-order valence-electron chi connectivity index (χ1n) is 5.04. The van der Waals surface area contributed by atoms with Crippen LogP contribution in [0, 0.1) is 6.92 Å². The Morgan fingerprint density at radius 3 is 2.53 bits per heavy atom. The van der Waals surface area contributed by atoms with E-state index in [1.54, 1.807) is 18.2 Å². The summed E-state index contributed by atoms with van der Waals surface area (Å²) in [6.07, 6.45) is -3.65. The summed E-state index contributed by atoms with van der Waals surface area (Å²) in [5.74, 6) is -4.00. The van der Waals surface area contributed by atoms with E-state index >= 15 is 0 Å². The zero-order valence-corrected chi connectivity index (χ0v) is 9.31. The van der Waals surface area contributed by atoms with Crippen LogP contribution < -0.4 is 11.1 Å². The number of hydrogen-bond acceptors (Lipinski definition) is 2. The van der Waals surface area contributed by atoms with Crippen LogP contribution in [-0.4, -0.2) is 18.9 Å². The number of alkyl halides is 4. The Labute approximate surface area is 96.8 Å². The van der Waals surface area contributed by atoms with Crippen molar-refractivity contribution in [1.82, 2.24) is 5.32 Å². The first kappa shape index (κ1) is 13.8. The molecule has 2 nitrogen and oxygen atoms in total. The molecule has 96 valence electrons. The third-order valence-electron chi connectivity index (χ3n) is 2.35. The first-order valence-corrected chi connectivity index (χ1v) is 5.04. The summed E-state index contributed by atoms with van der Waals surface area (Å²) in [5.41, 5.74) is 7.74. The van der Waals surface area contributed by atoms with Crippen molar-refractivity contribution in [3.63, 3.8) is 0 Å². The number of benzene rings is 1. The Balaban J connectivity index is 2.49. The predicted molar refractivity (Wildman–Crippen MR) is 58.2 cm³/mol. The van der Waals surface area contributed by atoms with Gasteiger partial charge in [0.05, 0.1) is 6.54 Å². The van der Waals surface area contributed by atoms with Gasteiger partial charge >= 0.3 is 12.3 Å². The fourth-order valence-electron chi connectivity index (χ4n) is 1.25. The van der Waals surface area contributed by atoms with Crippen molar-refractivity contribution < 1.29 is 17.6 Å². The largest absolute Gasteiger partial charge is 0.399 e. The molecule has 0 bridgehead atoms. The van der Waals surface area contributed by atoms with E-state index in [1.807, 2.05) is 6.92 Å². The van der Waals surface area contributed by atoms with Gasteiger partial charge in [-0.25, -0.2) is 8.78 Å². The zero-order chi connectivity index (χ0) is 13.1. The Morgan fingerprint density at radius 1 is 1.35 bits per heavy atom. The topological polar surface area (TPSA) is 38.0 Å². The van der Waals surface area contributed by atoms with Crippen molar-refractivity contribution in [2.24, 2.45) is 0 Å². The summed E-state index contributed by atoms with van der Waals surface area (Å²) >= 11 is 0. The molecule has 0 aromatic heterocycles. The van der Waals surface area contributed by atoms with Crippen LogP contribution in [0.4, 0.5) is 23.2 Å². The number of rotatable bonds is 5. The summed E-state index contributed by atoms with van der Waals surface area (Å²) in [6, 6.07) is 5.08. The highest BCUT2D eigenvalue weighted by Crippen LogP contribution is 2.21. The van der Waals surface area contributed by atoms with Crippen LogP contribution in [0.3, 0.4) is 0 Å². The van der Waals surface area contributed by atoms with Crippen molar-refractivity contribution in [2.75, 3.05) is 12.3 Å². The van der Waals surface area contributed by atoms with Crippen LogP contribution in [0.5, 0.6) is 0 Å². The summed E-state index contributed by atoms with van der Waals surface area (Å²) in [7, 11) is 0. The van der Waals surface area contributed by atoms with Gasteiger partial charge in [0.15, 0.2) is 0 Å². The van der Waals surface area contributed by atoms with Crippen LogP contribution in [0.2, 0.25) is 0 Å². The molecular formula is C11H14F4N2. The lowest BCUT2D eigenvalue weighted by atomic mass is 10.1. The van der Waals surface area contributed by atoms with Crippen molar-refractivity contribution in [3.05, 3.63) is 29.3 Å². The normalized spacial score (nSPS) is 12.1. The number of nitrogen functional groups attached to an aromatic ring is 1. The molecule has 0 aliphatic carbocycles. The van der Waals surface area contributed by atoms with Gasteiger partial charge in [0, 0.05) is 12.2 Å². The van der Waals surface area contributed by atoms with Gasteiger partial charge in [-0.3, -0.25) is 0 Å². The maximum absolute atomic E-state index is 12.6. The van der Waals surface area contributed by atoms with Gasteiger partial charge in [-0.2, -0.15) is 8.78 Å². The highest BCUT2D eigenvalue weighted by atomic mass is 19.3. The Morgan fingerprint density at radius 2 is 2.00 bits per heavy atom. The van der Waals surface area contributed by atoms with Gasteiger partial charge in [-0.1, -0.05) is 12.1 Å². The minimum absolute atomic E-state index is 0.0762. The predicted octanol–water partition coefficient (Wildman–Crippen LogP) is 2.57. The molecule has 1 aromatic carbocycles. The zero-order valence-electron chi connectivity index (χ0n) is 9.31. The lowest BCUT2D eigenvalue weighted by Gasteiger charge is -2.16. The minimum atomic E-state index is -4.00. The molecule has 1 aromatic rings. The standard InChI is InChI=1S/C11H14F4N2/c1-7-2-3-8(4-9(7)16)5-17-6-11(14,15)10(12)13/h2-4,10,17H,5-6,16H2,1H3. The molecule has 3 N–H and O–H groups in total. The molecule has 0 aliphatic rings. The number of nitrogens with two attached hydrogens (primary N) is 1. The molecule has 0 fully saturated rings. The maximum atomic E-state index is 12.6. The van der Waals surface area contributed by atoms with Crippen LogP contribution in [-0.2, 0) is 6.54 Å². The van der Waals surface area contributed by atoms with E-state index in [4.69, 9.17) is 5.73 Å². The number of anilines is 1. The smallest absolute Gasteiger partial charge is 0.319 e. The van der Waals surface area contributed by atoms with Gasteiger partial charge < -0.3 is 11.1 Å². The van der Waals surface area contributed by atoms with Gasteiger partial charge in [-0.15, -0.1) is 0 Å². The van der Waals surface area contributed by atoms with E-state index in [0.29, 0.717) is 11.3 Å². The molecule has 6 heteroatoms. The van der Waals surface area contributed by atoms with Crippen molar-refractivity contribution >= 4 is 5.69 Å². The number of nitrogens with one attached hydrogen (secondary N) is 1. The van der Waals surface area contributed by atoms with E-state index in [-0.39, 0.29) is 6.54 Å². The Hall–Kier alpha value is -1.30. The van der Waals surface area contributed by atoms with Gasteiger partial charge in [0.25, 0.3) is 0 Å². The van der Waals surface area contributed by atoms with Gasteiger partial charge in [0.1, 0.15) is 0 Å². The molecular weight excluding hydrogens is 236 g/mol. The minimum Gasteiger partial charge on any atom is -0.399 e. The second-order valence-electron chi connectivity index (χ2n) is 3.86. The third-order valence-corrected chi connectivity index (χ3v) is 2.35. The van der Waals surface area contributed by atoms with E-state index in [9.17, 15) is 17.6 Å². The molecule has 0 saturated heterocycles. The van der Waals surface area contributed by atoms with E-state index in [2.05, 4.69) is 5.32 Å². The third kappa shape index (κ3) is 3.89. The van der Waals surface area contributed by atoms with Crippen molar-refractivity contribution in [3.8, 4) is 0 Å². The lowest BCUT2D eigenvalue weighted by Crippen LogP contribution is -2.38. The number of halogens is 4. The molecule has 0 unspecified atom stereocenters. The van der Waals surface area contributed by atoms with E-state index < -0.39 is 18.9 Å². The average molecular weight is 250 g/mol. The first-order chi connectivity index (χ1) is 7.83. The van der Waals surface area contributed by atoms with Crippen LogP contribution in [0.15, 0.2) is 18.2 Å². The van der Waals surface area contributed by atoms with Crippen molar-refractivity contribution in [2.45, 2.75) is 25.8 Å². The highest BCUT2D eigenvalue weighted by Gasteiger charge is 2.39. The SMILES string of the molecule is Cc1ccc(CNCC(F)(F)C(F)F)cc1N. The molecule has 0 aliphatic heterocycles. The summed E-state index contributed by atoms with van der Waals surface area (Å²) < 4.78 is 48.8. The quantitative estimate of drug-likeness (QED) is 0.622. The Bertz CT molecular complexity index is 380. The summed E-state index contributed by atoms with van der Waals surface area (Å²) in [4.78, 5) is 0. The second-order valence-corrected chi connectivity index (χ2v) is 3.86. The van der Waals surface area contributed by atoms with Gasteiger partial charge in [-0.05, 0) is 24.1 Å². The molecule has 0 saturated carbocycles. The maximum Gasteiger partial charge on any atom is 0.319 e. The second kappa shape index (κ2) is 5.35.